The number of hydrogen-bond acceptors (Lipinski definition) is 4. The lowest BCUT2D eigenvalue weighted by molar-refractivity contribution is 0.0945. The Morgan fingerprint density at radius 2 is 2.00 bits per heavy atom. The number of carbonyl (C=O) groups is 1. The van der Waals surface area contributed by atoms with E-state index in [-0.39, 0.29) is 11.5 Å². The minimum atomic E-state index is -0.233. The highest BCUT2D eigenvalue weighted by Crippen LogP contribution is 2.25. The van der Waals surface area contributed by atoms with Crippen LogP contribution >= 0.6 is 0 Å². The second-order valence-corrected chi connectivity index (χ2v) is 6.56. The zero-order valence-electron chi connectivity index (χ0n) is 15.9. The molecule has 6 nitrogen and oxygen atoms in total. The highest BCUT2D eigenvalue weighted by molar-refractivity contribution is 5.98. The van der Waals surface area contributed by atoms with Gasteiger partial charge in [0.1, 0.15) is 17.1 Å². The summed E-state index contributed by atoms with van der Waals surface area (Å²) in [6.07, 6.45) is 3.65. The van der Waals surface area contributed by atoms with E-state index >= 15 is 0 Å². The predicted octanol–water partition coefficient (Wildman–Crippen LogP) is 2.91. The summed E-state index contributed by atoms with van der Waals surface area (Å²) in [6, 6.07) is 9.05. The van der Waals surface area contributed by atoms with Gasteiger partial charge in [-0.1, -0.05) is 24.6 Å². The van der Waals surface area contributed by atoms with Crippen LogP contribution < -0.4 is 20.3 Å². The number of para-hydroxylation sites is 1. The second kappa shape index (κ2) is 8.75. The van der Waals surface area contributed by atoms with Gasteiger partial charge in [-0.25, -0.2) is 0 Å². The average molecular weight is 370 g/mol. The van der Waals surface area contributed by atoms with Crippen molar-refractivity contribution in [2.75, 3.05) is 13.7 Å². The number of hydrogen-bond donors (Lipinski definition) is 1. The Hall–Kier alpha value is -2.76. The van der Waals surface area contributed by atoms with E-state index in [4.69, 9.17) is 9.47 Å². The van der Waals surface area contributed by atoms with E-state index in [0.717, 1.165) is 36.3 Å². The molecule has 0 fully saturated rings. The second-order valence-electron chi connectivity index (χ2n) is 6.56. The quantitative estimate of drug-likeness (QED) is 0.849. The summed E-state index contributed by atoms with van der Waals surface area (Å²) in [5.74, 6) is 0.864. The highest BCUT2D eigenvalue weighted by Gasteiger charge is 2.23. The van der Waals surface area contributed by atoms with Gasteiger partial charge < -0.3 is 19.4 Å². The largest absolute Gasteiger partial charge is 0.496 e. The first-order valence-electron chi connectivity index (χ1n) is 9.45. The molecular weight excluding hydrogens is 344 g/mol. The third kappa shape index (κ3) is 4.15. The Balaban J connectivity index is 1.90. The molecule has 2 aromatic rings. The molecule has 1 aliphatic rings. The van der Waals surface area contributed by atoms with E-state index in [1.807, 2.05) is 31.2 Å². The van der Waals surface area contributed by atoms with Gasteiger partial charge >= 0.3 is 0 Å². The molecule has 3 rings (SSSR count). The van der Waals surface area contributed by atoms with Crippen LogP contribution in [0.15, 0.2) is 35.1 Å². The van der Waals surface area contributed by atoms with Crippen LogP contribution in [0.3, 0.4) is 0 Å². The molecule has 0 bridgehead atoms. The fraction of sp³-hybridized carbons (Fsp3) is 0.429. The zero-order chi connectivity index (χ0) is 19.2. The lowest BCUT2D eigenvalue weighted by atomic mass is 10.1. The van der Waals surface area contributed by atoms with Crippen molar-refractivity contribution in [1.29, 1.82) is 0 Å². The molecular formula is C21H26N2O4. The third-order valence-corrected chi connectivity index (χ3v) is 4.84. The van der Waals surface area contributed by atoms with Crippen LogP contribution in [0.1, 0.15) is 47.8 Å². The van der Waals surface area contributed by atoms with E-state index in [9.17, 15) is 9.59 Å². The van der Waals surface area contributed by atoms with Crippen molar-refractivity contribution in [2.24, 2.45) is 0 Å². The molecule has 1 aromatic carbocycles. The van der Waals surface area contributed by atoms with E-state index in [0.29, 0.717) is 37.4 Å². The smallest absolute Gasteiger partial charge is 0.257 e. The van der Waals surface area contributed by atoms with E-state index < -0.39 is 0 Å². The molecule has 27 heavy (non-hydrogen) atoms. The van der Waals surface area contributed by atoms with Gasteiger partial charge in [0.25, 0.3) is 11.5 Å². The first kappa shape index (κ1) is 19.0. The topological polar surface area (TPSA) is 69.6 Å². The van der Waals surface area contributed by atoms with Crippen molar-refractivity contribution < 1.29 is 14.3 Å². The summed E-state index contributed by atoms with van der Waals surface area (Å²) in [6.45, 7) is 3.48. The molecule has 1 aromatic heterocycles. The van der Waals surface area contributed by atoms with Crippen molar-refractivity contribution >= 4 is 5.91 Å². The Kier molecular flexibility index (Phi) is 6.16. The van der Waals surface area contributed by atoms with E-state index in [2.05, 4.69) is 5.32 Å². The van der Waals surface area contributed by atoms with Crippen LogP contribution in [0, 0.1) is 0 Å². The van der Waals surface area contributed by atoms with Crippen molar-refractivity contribution in [1.82, 2.24) is 9.88 Å². The fourth-order valence-electron chi connectivity index (χ4n) is 3.53. The summed E-state index contributed by atoms with van der Waals surface area (Å²) in [5, 5.41) is 2.96. The average Bonchev–Trinajstić information content (AvgIpc) is 2.93. The van der Waals surface area contributed by atoms with Crippen LogP contribution in [-0.4, -0.2) is 24.2 Å². The number of fused-ring (bicyclic) bond motifs is 1. The molecule has 0 saturated heterocycles. The Morgan fingerprint density at radius 1 is 1.19 bits per heavy atom. The van der Waals surface area contributed by atoms with E-state index in [1.54, 1.807) is 4.57 Å². The van der Waals surface area contributed by atoms with Crippen LogP contribution in [0.4, 0.5) is 0 Å². The van der Waals surface area contributed by atoms with Gasteiger partial charge in [-0.2, -0.15) is 0 Å². The van der Waals surface area contributed by atoms with Crippen molar-refractivity contribution in [3.63, 3.8) is 0 Å². The summed E-state index contributed by atoms with van der Waals surface area (Å²) in [5.41, 5.74) is 2.04. The SMILES string of the molecule is CCOc1ccccc1CNC(=O)c1c(OC)cc(=O)n2c1CCCCC2. The number of carbonyl (C=O) groups excluding carboxylic acids is 1. The third-order valence-electron chi connectivity index (χ3n) is 4.84. The van der Waals surface area contributed by atoms with Gasteiger partial charge in [-0.3, -0.25) is 9.59 Å². The van der Waals surface area contributed by atoms with Crippen molar-refractivity contribution in [2.45, 2.75) is 45.7 Å². The molecule has 0 saturated carbocycles. The normalized spacial score (nSPS) is 13.4. The summed E-state index contributed by atoms with van der Waals surface area (Å²) >= 11 is 0. The molecule has 1 amide bonds. The van der Waals surface area contributed by atoms with Gasteiger partial charge in [0.05, 0.1) is 13.7 Å². The Labute approximate surface area is 159 Å². The molecule has 1 aliphatic heterocycles. The number of ether oxygens (including phenoxy) is 2. The summed E-state index contributed by atoms with van der Waals surface area (Å²) in [4.78, 5) is 25.4. The van der Waals surface area contributed by atoms with Crippen molar-refractivity contribution in [3.05, 3.63) is 57.5 Å². The van der Waals surface area contributed by atoms with E-state index in [1.165, 1.54) is 13.2 Å². The Bertz CT molecular complexity index is 873. The summed E-state index contributed by atoms with van der Waals surface area (Å²) < 4.78 is 12.7. The molecule has 2 heterocycles. The first-order chi connectivity index (χ1) is 13.2. The molecule has 1 N–H and O–H groups in total. The molecule has 0 radical (unpaired) electrons. The number of nitrogens with zero attached hydrogens (tertiary/aromatic N) is 1. The number of aromatic nitrogens is 1. The van der Waals surface area contributed by atoms with Crippen LogP contribution in [0.25, 0.3) is 0 Å². The maximum atomic E-state index is 13.0. The standard InChI is InChI=1S/C21H26N2O4/c1-3-27-17-11-7-6-9-15(17)14-22-21(25)20-16-10-5-4-8-12-23(16)19(24)13-18(20)26-2/h6-7,9,11,13H,3-5,8,10,12,14H2,1-2H3,(H,22,25). The number of benzene rings is 1. The number of methoxy groups -OCH3 is 1. The minimum Gasteiger partial charge on any atom is -0.496 e. The molecule has 6 heteroatoms. The maximum Gasteiger partial charge on any atom is 0.257 e. The minimum absolute atomic E-state index is 0.109. The lowest BCUT2D eigenvalue weighted by Gasteiger charge is -2.18. The molecule has 0 spiro atoms. The molecule has 0 aliphatic carbocycles. The number of pyridine rings is 1. The predicted molar refractivity (Wildman–Crippen MR) is 104 cm³/mol. The van der Waals surface area contributed by atoms with Gasteiger partial charge in [0, 0.05) is 30.4 Å². The van der Waals surface area contributed by atoms with Crippen LogP contribution in [-0.2, 0) is 19.5 Å². The van der Waals surface area contributed by atoms with Crippen LogP contribution in [0.5, 0.6) is 11.5 Å². The van der Waals surface area contributed by atoms with Gasteiger partial charge in [0.15, 0.2) is 0 Å². The Morgan fingerprint density at radius 3 is 2.78 bits per heavy atom. The van der Waals surface area contributed by atoms with Crippen molar-refractivity contribution in [3.8, 4) is 11.5 Å². The number of rotatable bonds is 6. The fourth-order valence-corrected chi connectivity index (χ4v) is 3.53. The molecule has 144 valence electrons. The zero-order valence-corrected chi connectivity index (χ0v) is 15.9. The first-order valence-corrected chi connectivity index (χ1v) is 9.45. The highest BCUT2D eigenvalue weighted by atomic mass is 16.5. The summed E-state index contributed by atoms with van der Waals surface area (Å²) in [7, 11) is 1.49. The maximum absolute atomic E-state index is 13.0. The van der Waals surface area contributed by atoms with Gasteiger partial charge in [0.2, 0.25) is 0 Å². The monoisotopic (exact) mass is 370 g/mol. The van der Waals surface area contributed by atoms with Gasteiger partial charge in [-0.05, 0) is 32.3 Å². The van der Waals surface area contributed by atoms with Gasteiger partial charge in [-0.15, -0.1) is 0 Å². The lowest BCUT2D eigenvalue weighted by Crippen LogP contribution is -2.30. The number of nitrogens with one attached hydrogen (secondary N) is 1. The van der Waals surface area contributed by atoms with Crippen LogP contribution in [0.2, 0.25) is 0 Å². The molecule has 0 atom stereocenters. The molecule has 0 unspecified atom stereocenters. The number of amides is 1.